The van der Waals surface area contributed by atoms with Crippen LogP contribution in [0, 0.1) is 0 Å². The molecule has 3 amide bonds. The summed E-state index contributed by atoms with van der Waals surface area (Å²) in [5.74, 6) is -0.115. The monoisotopic (exact) mass is 363 g/mol. The van der Waals surface area contributed by atoms with Gasteiger partial charge in [-0.25, -0.2) is 9.59 Å². The summed E-state index contributed by atoms with van der Waals surface area (Å²) in [5, 5.41) is 17.9. The van der Waals surface area contributed by atoms with Crippen molar-refractivity contribution in [2.75, 3.05) is 11.1 Å². The predicted molar refractivity (Wildman–Crippen MR) is 96.0 cm³/mol. The zero-order valence-electron chi connectivity index (χ0n) is 13.7. The number of rotatable bonds is 7. The van der Waals surface area contributed by atoms with E-state index in [-0.39, 0.29) is 29.6 Å². The van der Waals surface area contributed by atoms with Gasteiger partial charge in [-0.1, -0.05) is 6.42 Å². The molecule has 1 aromatic carbocycles. The number of amides is 3. The zero-order valence-corrected chi connectivity index (χ0v) is 14.5. The first-order chi connectivity index (χ1) is 12.0. The molecule has 0 aromatic heterocycles. The number of carbonyl (C=O) groups excluding carboxylic acids is 2. The third kappa shape index (κ3) is 4.45. The molecular weight excluding hydrogens is 342 g/mol. The van der Waals surface area contributed by atoms with Crippen LogP contribution in [0.1, 0.15) is 36.0 Å². The van der Waals surface area contributed by atoms with Gasteiger partial charge < -0.3 is 21.1 Å². The van der Waals surface area contributed by atoms with Crippen molar-refractivity contribution in [3.05, 3.63) is 29.8 Å². The van der Waals surface area contributed by atoms with E-state index in [2.05, 4.69) is 16.0 Å². The van der Waals surface area contributed by atoms with Crippen LogP contribution in [0.25, 0.3) is 0 Å². The predicted octanol–water partition coefficient (Wildman–Crippen LogP) is 2.05. The lowest BCUT2D eigenvalue weighted by atomic mass is 10.0. The van der Waals surface area contributed by atoms with Crippen LogP contribution in [0.5, 0.6) is 0 Å². The highest BCUT2D eigenvalue weighted by Crippen LogP contribution is 2.33. The number of unbranched alkanes of at least 4 members (excludes halogenated alkanes) is 1. The third-order valence-corrected chi connectivity index (χ3v) is 6.00. The number of nitrogens with one attached hydrogen (secondary N) is 3. The van der Waals surface area contributed by atoms with Gasteiger partial charge in [-0.3, -0.25) is 4.79 Å². The molecule has 0 radical (unpaired) electrons. The lowest BCUT2D eigenvalue weighted by Crippen LogP contribution is -2.36. The second-order valence-electron chi connectivity index (χ2n) is 6.30. The zero-order chi connectivity index (χ0) is 17.8. The summed E-state index contributed by atoms with van der Waals surface area (Å²) in [7, 11) is 0. The number of fused-ring (bicyclic) bond motifs is 1. The number of carboxylic acid groups (broad SMARTS) is 1. The highest BCUT2D eigenvalue weighted by atomic mass is 32.2. The lowest BCUT2D eigenvalue weighted by molar-refractivity contribution is -0.116. The molecule has 1 aromatic rings. The van der Waals surface area contributed by atoms with E-state index in [9.17, 15) is 14.4 Å². The van der Waals surface area contributed by atoms with Gasteiger partial charge in [0, 0.05) is 23.1 Å². The van der Waals surface area contributed by atoms with Crippen molar-refractivity contribution in [1.82, 2.24) is 10.6 Å². The van der Waals surface area contributed by atoms with Crippen LogP contribution in [-0.4, -0.2) is 46.1 Å². The maximum atomic E-state index is 12.0. The summed E-state index contributed by atoms with van der Waals surface area (Å²) >= 11 is 1.88. The fourth-order valence-electron chi connectivity index (χ4n) is 3.19. The molecule has 2 unspecified atom stereocenters. The van der Waals surface area contributed by atoms with Crippen molar-refractivity contribution in [2.45, 2.75) is 43.0 Å². The molecule has 3 atom stereocenters. The van der Waals surface area contributed by atoms with Crippen LogP contribution in [0.2, 0.25) is 0 Å². The molecule has 0 aliphatic carbocycles. The Labute approximate surface area is 149 Å². The Kier molecular flexibility index (Phi) is 5.47. The third-order valence-electron chi connectivity index (χ3n) is 4.50. The largest absolute Gasteiger partial charge is 0.478 e. The Morgan fingerprint density at radius 2 is 1.96 bits per heavy atom. The van der Waals surface area contributed by atoms with Gasteiger partial charge in [0.1, 0.15) is 0 Å². The molecular formula is C17H21N3O4S. The Morgan fingerprint density at radius 3 is 2.68 bits per heavy atom. The quantitative estimate of drug-likeness (QED) is 0.438. The van der Waals surface area contributed by atoms with E-state index in [0.717, 1.165) is 25.0 Å². The average molecular weight is 363 g/mol. The van der Waals surface area contributed by atoms with E-state index in [1.807, 2.05) is 11.8 Å². The van der Waals surface area contributed by atoms with E-state index in [0.29, 0.717) is 17.4 Å². The summed E-state index contributed by atoms with van der Waals surface area (Å²) in [5.41, 5.74) is 0.794. The van der Waals surface area contributed by atoms with Crippen molar-refractivity contribution in [3.8, 4) is 0 Å². The van der Waals surface area contributed by atoms with E-state index in [4.69, 9.17) is 5.11 Å². The molecule has 25 heavy (non-hydrogen) atoms. The number of anilines is 1. The molecule has 2 saturated heterocycles. The summed E-state index contributed by atoms with van der Waals surface area (Å²) in [6.45, 7) is 0. The van der Waals surface area contributed by atoms with Gasteiger partial charge in [0.25, 0.3) is 0 Å². The van der Waals surface area contributed by atoms with Crippen molar-refractivity contribution in [1.29, 1.82) is 0 Å². The minimum atomic E-state index is -0.987. The molecule has 134 valence electrons. The average Bonchev–Trinajstić information content (AvgIpc) is 3.11. The fraction of sp³-hybridized carbons (Fsp3) is 0.471. The van der Waals surface area contributed by atoms with Crippen LogP contribution in [0.15, 0.2) is 24.3 Å². The van der Waals surface area contributed by atoms with Crippen LogP contribution < -0.4 is 16.0 Å². The number of carboxylic acids is 1. The normalized spacial score (nSPS) is 24.3. The first-order valence-corrected chi connectivity index (χ1v) is 9.39. The van der Waals surface area contributed by atoms with Crippen molar-refractivity contribution in [3.63, 3.8) is 0 Å². The minimum Gasteiger partial charge on any atom is -0.478 e. The van der Waals surface area contributed by atoms with Crippen LogP contribution in [0.3, 0.4) is 0 Å². The molecule has 0 bridgehead atoms. The van der Waals surface area contributed by atoms with Crippen LogP contribution in [0.4, 0.5) is 10.5 Å². The molecule has 7 nitrogen and oxygen atoms in total. The second-order valence-corrected chi connectivity index (χ2v) is 7.57. The Balaban J connectivity index is 1.35. The number of hydrogen-bond donors (Lipinski definition) is 4. The Bertz CT molecular complexity index is 664. The number of urea groups is 1. The molecule has 8 heteroatoms. The second kappa shape index (κ2) is 7.77. The summed E-state index contributed by atoms with van der Waals surface area (Å²) < 4.78 is 0. The highest BCUT2D eigenvalue weighted by molar-refractivity contribution is 8.00. The molecule has 2 heterocycles. The summed E-state index contributed by atoms with van der Waals surface area (Å²) in [4.78, 5) is 34.1. The van der Waals surface area contributed by atoms with E-state index in [1.165, 1.54) is 12.1 Å². The lowest BCUT2D eigenvalue weighted by Gasteiger charge is -2.16. The molecule has 3 rings (SSSR count). The van der Waals surface area contributed by atoms with Crippen molar-refractivity contribution in [2.24, 2.45) is 0 Å². The molecule has 0 spiro atoms. The number of benzene rings is 1. The molecule has 4 N–H and O–H groups in total. The maximum Gasteiger partial charge on any atom is 0.335 e. The molecule has 2 fully saturated rings. The van der Waals surface area contributed by atoms with Gasteiger partial charge in [-0.15, -0.1) is 0 Å². The highest BCUT2D eigenvalue weighted by Gasteiger charge is 2.42. The van der Waals surface area contributed by atoms with Crippen molar-refractivity contribution < 1.29 is 19.5 Å². The Morgan fingerprint density at radius 1 is 1.20 bits per heavy atom. The van der Waals surface area contributed by atoms with E-state index < -0.39 is 5.97 Å². The van der Waals surface area contributed by atoms with Crippen LogP contribution >= 0.6 is 11.8 Å². The van der Waals surface area contributed by atoms with Gasteiger partial charge >= 0.3 is 12.0 Å². The Hall–Kier alpha value is -2.22. The molecule has 0 saturated carbocycles. The van der Waals surface area contributed by atoms with Gasteiger partial charge in [0.2, 0.25) is 5.91 Å². The minimum absolute atomic E-state index is 0.0733. The number of thioether (sulfide) groups is 1. The first kappa shape index (κ1) is 17.6. The fourth-order valence-corrected chi connectivity index (χ4v) is 4.74. The maximum absolute atomic E-state index is 12.0. The topological polar surface area (TPSA) is 108 Å². The standard InChI is InChI=1S/C17H21N3O4S/c21-14(18-11-7-5-10(6-8-11)16(22)23)4-2-1-3-13-15-12(9-25-13)19-17(24)20-15/h5-8,12-13,15H,1-4,9H2,(H,18,21)(H,22,23)(H2,19,20,24)/t12?,13-,15?/m0/s1. The van der Waals surface area contributed by atoms with Gasteiger partial charge in [0.15, 0.2) is 0 Å². The number of aromatic carboxylic acids is 1. The van der Waals surface area contributed by atoms with Crippen molar-refractivity contribution >= 4 is 35.4 Å². The number of hydrogen-bond acceptors (Lipinski definition) is 4. The summed E-state index contributed by atoms with van der Waals surface area (Å²) in [6, 6.07) is 6.48. The van der Waals surface area contributed by atoms with Gasteiger partial charge in [-0.05, 0) is 37.1 Å². The molecule has 2 aliphatic heterocycles. The van der Waals surface area contributed by atoms with Crippen LogP contribution in [-0.2, 0) is 4.79 Å². The number of carbonyl (C=O) groups is 3. The van der Waals surface area contributed by atoms with Gasteiger partial charge in [-0.2, -0.15) is 11.8 Å². The van der Waals surface area contributed by atoms with E-state index >= 15 is 0 Å². The smallest absolute Gasteiger partial charge is 0.335 e. The first-order valence-electron chi connectivity index (χ1n) is 8.35. The summed E-state index contributed by atoms with van der Waals surface area (Å²) in [6.07, 6.45) is 3.13. The van der Waals surface area contributed by atoms with Gasteiger partial charge in [0.05, 0.1) is 17.6 Å². The van der Waals surface area contributed by atoms with E-state index in [1.54, 1.807) is 12.1 Å². The SMILES string of the molecule is O=C(CCCC[C@@H]1SCC2NC(=O)NC21)Nc1ccc(C(=O)O)cc1. The molecule has 2 aliphatic rings.